The first-order chi connectivity index (χ1) is 8.47. The van der Waals surface area contributed by atoms with Crippen LogP contribution in [-0.2, 0) is 4.79 Å². The van der Waals surface area contributed by atoms with Crippen LogP contribution >= 0.6 is 0 Å². The van der Waals surface area contributed by atoms with Crippen molar-refractivity contribution in [2.24, 2.45) is 0 Å². The van der Waals surface area contributed by atoms with Gasteiger partial charge in [-0.1, -0.05) is 25.1 Å². The average molecular weight is 250 g/mol. The van der Waals surface area contributed by atoms with Crippen LogP contribution in [0.15, 0.2) is 24.3 Å². The normalized spacial score (nSPS) is 11.7. The maximum absolute atomic E-state index is 11.9. The molecule has 0 spiro atoms. The molecule has 0 aromatic heterocycles. The summed E-state index contributed by atoms with van der Waals surface area (Å²) in [4.78, 5) is 24.2. The van der Waals surface area contributed by atoms with Gasteiger partial charge in [-0.25, -0.2) is 9.59 Å². The second-order valence-corrected chi connectivity index (χ2v) is 4.09. The zero-order valence-electron chi connectivity index (χ0n) is 10.8. The smallest absolute Gasteiger partial charge is 0.326 e. The molecule has 0 radical (unpaired) electrons. The summed E-state index contributed by atoms with van der Waals surface area (Å²) in [6, 6.07) is 6.16. The minimum Gasteiger partial charge on any atom is -0.480 e. The summed E-state index contributed by atoms with van der Waals surface area (Å²) in [5, 5.41) is 11.4. The summed E-state index contributed by atoms with van der Waals surface area (Å²) in [5.74, 6) is -1.02. The number of aliphatic carboxylic acids is 1. The number of nitrogens with zero attached hydrogens (tertiary/aromatic N) is 1. The van der Waals surface area contributed by atoms with Crippen molar-refractivity contribution >= 4 is 17.7 Å². The third-order valence-corrected chi connectivity index (χ3v) is 2.79. The summed E-state index contributed by atoms with van der Waals surface area (Å²) in [7, 11) is 1.62. The van der Waals surface area contributed by atoms with Crippen molar-refractivity contribution in [1.82, 2.24) is 5.32 Å². The maximum Gasteiger partial charge on any atom is 0.326 e. The van der Waals surface area contributed by atoms with E-state index in [4.69, 9.17) is 5.11 Å². The molecular formula is C13H18N2O3. The number of carbonyl (C=O) groups is 2. The molecule has 1 aromatic rings. The van der Waals surface area contributed by atoms with Gasteiger partial charge in [0.05, 0.1) is 0 Å². The van der Waals surface area contributed by atoms with Gasteiger partial charge in [-0.15, -0.1) is 0 Å². The molecule has 0 bridgehead atoms. The van der Waals surface area contributed by atoms with E-state index in [2.05, 4.69) is 5.32 Å². The minimum absolute atomic E-state index is 0.350. The van der Waals surface area contributed by atoms with E-state index in [1.165, 1.54) is 4.90 Å². The predicted molar refractivity (Wildman–Crippen MR) is 69.8 cm³/mol. The van der Waals surface area contributed by atoms with E-state index in [0.717, 1.165) is 11.3 Å². The van der Waals surface area contributed by atoms with Crippen LogP contribution in [0.1, 0.15) is 18.9 Å². The monoisotopic (exact) mass is 250 g/mol. The molecule has 1 aromatic carbocycles. The highest BCUT2D eigenvalue weighted by Crippen LogP contribution is 2.17. The van der Waals surface area contributed by atoms with Gasteiger partial charge in [-0.2, -0.15) is 0 Å². The van der Waals surface area contributed by atoms with Crippen LogP contribution in [-0.4, -0.2) is 30.2 Å². The Balaban J connectivity index is 2.79. The van der Waals surface area contributed by atoms with Crippen LogP contribution < -0.4 is 10.2 Å². The van der Waals surface area contributed by atoms with Crippen LogP contribution in [0.3, 0.4) is 0 Å². The lowest BCUT2D eigenvalue weighted by molar-refractivity contribution is -0.139. The first-order valence-corrected chi connectivity index (χ1v) is 5.80. The fourth-order valence-electron chi connectivity index (χ4n) is 1.63. The highest BCUT2D eigenvalue weighted by atomic mass is 16.4. The number of anilines is 1. The molecule has 2 amide bonds. The molecule has 0 aliphatic rings. The van der Waals surface area contributed by atoms with Gasteiger partial charge in [0.25, 0.3) is 0 Å². The summed E-state index contributed by atoms with van der Waals surface area (Å²) in [6.45, 7) is 3.61. The Morgan fingerprint density at radius 1 is 1.39 bits per heavy atom. The van der Waals surface area contributed by atoms with E-state index in [1.807, 2.05) is 31.2 Å². The second kappa shape index (κ2) is 6.05. The number of hydrogen-bond donors (Lipinski definition) is 2. The molecule has 5 heteroatoms. The van der Waals surface area contributed by atoms with E-state index in [0.29, 0.717) is 6.42 Å². The summed E-state index contributed by atoms with van der Waals surface area (Å²) in [6.07, 6.45) is 0.350. The van der Waals surface area contributed by atoms with Gasteiger partial charge < -0.3 is 10.4 Å². The van der Waals surface area contributed by atoms with Crippen LogP contribution in [0.25, 0.3) is 0 Å². The number of para-hydroxylation sites is 1. The van der Waals surface area contributed by atoms with Crippen LogP contribution in [0, 0.1) is 6.92 Å². The second-order valence-electron chi connectivity index (χ2n) is 4.09. The van der Waals surface area contributed by atoms with E-state index in [9.17, 15) is 9.59 Å². The highest BCUT2D eigenvalue weighted by Gasteiger charge is 2.20. The molecule has 1 atom stereocenters. The molecule has 1 rings (SSSR count). The highest BCUT2D eigenvalue weighted by molar-refractivity contribution is 5.94. The number of nitrogens with one attached hydrogen (secondary N) is 1. The topological polar surface area (TPSA) is 69.6 Å². The third kappa shape index (κ3) is 3.23. The minimum atomic E-state index is -1.02. The lowest BCUT2D eigenvalue weighted by Crippen LogP contribution is -2.46. The molecule has 0 aliphatic carbocycles. The lowest BCUT2D eigenvalue weighted by Gasteiger charge is -2.22. The Morgan fingerprint density at radius 3 is 2.50 bits per heavy atom. The van der Waals surface area contributed by atoms with Gasteiger partial charge in [-0.3, -0.25) is 4.90 Å². The first kappa shape index (κ1) is 14.0. The van der Waals surface area contributed by atoms with Crippen LogP contribution in [0.2, 0.25) is 0 Å². The molecule has 0 aliphatic heterocycles. The van der Waals surface area contributed by atoms with Crippen molar-refractivity contribution < 1.29 is 14.7 Å². The van der Waals surface area contributed by atoms with Gasteiger partial charge in [0.2, 0.25) is 0 Å². The van der Waals surface area contributed by atoms with E-state index >= 15 is 0 Å². The number of carboxylic acids is 1. The van der Waals surface area contributed by atoms with Gasteiger partial charge in [-0.05, 0) is 25.0 Å². The zero-order chi connectivity index (χ0) is 13.7. The Bertz CT molecular complexity index is 446. The first-order valence-electron chi connectivity index (χ1n) is 5.80. The summed E-state index contributed by atoms with van der Waals surface area (Å²) < 4.78 is 0. The number of amides is 2. The quantitative estimate of drug-likeness (QED) is 0.858. The van der Waals surface area contributed by atoms with Crippen molar-refractivity contribution in [3.8, 4) is 0 Å². The third-order valence-electron chi connectivity index (χ3n) is 2.79. The number of urea groups is 1. The van der Waals surface area contributed by atoms with E-state index in [1.54, 1.807) is 14.0 Å². The van der Waals surface area contributed by atoms with Crippen molar-refractivity contribution in [3.05, 3.63) is 29.8 Å². The van der Waals surface area contributed by atoms with Crippen molar-refractivity contribution in [2.75, 3.05) is 11.9 Å². The molecular weight excluding hydrogens is 232 g/mol. The fraction of sp³-hybridized carbons (Fsp3) is 0.385. The molecule has 0 saturated carbocycles. The molecule has 5 nitrogen and oxygen atoms in total. The van der Waals surface area contributed by atoms with Gasteiger partial charge in [0.15, 0.2) is 0 Å². The summed E-state index contributed by atoms with van der Waals surface area (Å²) >= 11 is 0. The predicted octanol–water partition coefficient (Wildman–Crippen LogP) is 2.00. The van der Waals surface area contributed by atoms with Crippen molar-refractivity contribution in [2.45, 2.75) is 26.3 Å². The summed E-state index contributed by atoms with van der Waals surface area (Å²) in [5.41, 5.74) is 1.72. The number of carbonyl (C=O) groups excluding carboxylic acids is 1. The largest absolute Gasteiger partial charge is 0.480 e. The zero-order valence-corrected chi connectivity index (χ0v) is 10.8. The van der Waals surface area contributed by atoms with Gasteiger partial charge in [0, 0.05) is 12.7 Å². The van der Waals surface area contributed by atoms with E-state index < -0.39 is 18.0 Å². The number of aryl methyl sites for hydroxylation is 1. The number of carboxylic acid groups (broad SMARTS) is 1. The number of benzene rings is 1. The SMILES string of the molecule is CC[C@@H](NC(=O)N(C)c1ccccc1C)C(=O)O. The van der Waals surface area contributed by atoms with Gasteiger partial charge >= 0.3 is 12.0 Å². The lowest BCUT2D eigenvalue weighted by atomic mass is 10.2. The molecule has 0 heterocycles. The van der Waals surface area contributed by atoms with Crippen LogP contribution in [0.4, 0.5) is 10.5 Å². The average Bonchev–Trinajstić information content (AvgIpc) is 2.35. The Hall–Kier alpha value is -2.04. The van der Waals surface area contributed by atoms with E-state index in [-0.39, 0.29) is 0 Å². The Kier molecular flexibility index (Phi) is 4.71. The van der Waals surface area contributed by atoms with Crippen molar-refractivity contribution in [3.63, 3.8) is 0 Å². The van der Waals surface area contributed by atoms with Gasteiger partial charge in [0.1, 0.15) is 6.04 Å². The molecule has 18 heavy (non-hydrogen) atoms. The van der Waals surface area contributed by atoms with Crippen LogP contribution in [0.5, 0.6) is 0 Å². The maximum atomic E-state index is 11.9. The Labute approximate surface area is 106 Å². The Morgan fingerprint density at radius 2 is 2.00 bits per heavy atom. The molecule has 98 valence electrons. The molecule has 0 fully saturated rings. The van der Waals surface area contributed by atoms with Crippen molar-refractivity contribution in [1.29, 1.82) is 0 Å². The molecule has 0 unspecified atom stereocenters. The number of hydrogen-bond acceptors (Lipinski definition) is 2. The standard InChI is InChI=1S/C13H18N2O3/c1-4-10(12(16)17)14-13(18)15(3)11-8-6-5-7-9(11)2/h5-8,10H,4H2,1-3H3,(H,14,18)(H,16,17)/t10-/m1/s1. The molecule has 0 saturated heterocycles. The number of rotatable bonds is 4. The molecule has 2 N–H and O–H groups in total. The fourth-order valence-corrected chi connectivity index (χ4v) is 1.63.